The molecule has 0 bridgehead atoms. The van der Waals surface area contributed by atoms with Crippen molar-refractivity contribution < 1.29 is 4.74 Å². The predicted molar refractivity (Wildman–Crippen MR) is 97.6 cm³/mol. The summed E-state index contributed by atoms with van der Waals surface area (Å²) in [6.07, 6.45) is 0. The Morgan fingerprint density at radius 1 is 0.920 bits per heavy atom. The summed E-state index contributed by atoms with van der Waals surface area (Å²) < 4.78 is 5.74. The highest BCUT2D eigenvalue weighted by Gasteiger charge is 2.20. The van der Waals surface area contributed by atoms with Gasteiger partial charge in [-0.05, 0) is 36.4 Å². The van der Waals surface area contributed by atoms with Gasteiger partial charge < -0.3 is 10.1 Å². The number of hydrogen-bond donors (Lipinski definition) is 2. The summed E-state index contributed by atoms with van der Waals surface area (Å²) >= 11 is 0. The van der Waals surface area contributed by atoms with E-state index in [0.29, 0.717) is 11.6 Å². The number of hydrogen-bond acceptors (Lipinski definition) is 5. The molecule has 1 aromatic heterocycles. The van der Waals surface area contributed by atoms with Crippen molar-refractivity contribution in [3.63, 3.8) is 0 Å². The van der Waals surface area contributed by atoms with Crippen LogP contribution in [-0.4, -0.2) is 15.2 Å². The molecular weight excluding hydrogens is 316 g/mol. The molecule has 0 amide bonds. The van der Waals surface area contributed by atoms with Gasteiger partial charge in [-0.3, -0.25) is 9.78 Å². The van der Waals surface area contributed by atoms with E-state index >= 15 is 0 Å². The Morgan fingerprint density at radius 2 is 1.56 bits per heavy atom. The van der Waals surface area contributed by atoms with Gasteiger partial charge in [0.15, 0.2) is 0 Å². The van der Waals surface area contributed by atoms with Crippen molar-refractivity contribution in [1.29, 1.82) is 0 Å². The molecule has 2 N–H and O–H groups in total. The molecular formula is C19H20N4O2. The fourth-order valence-electron chi connectivity index (χ4n) is 2.25. The number of ether oxygens (including phenoxy) is 1. The Morgan fingerprint density at radius 3 is 2.16 bits per heavy atom. The van der Waals surface area contributed by atoms with Gasteiger partial charge in [-0.25, -0.2) is 0 Å². The predicted octanol–water partition coefficient (Wildman–Crippen LogP) is 4.00. The Hall–Kier alpha value is -3.15. The first-order valence-corrected chi connectivity index (χ1v) is 7.99. The summed E-state index contributed by atoms with van der Waals surface area (Å²) in [5.41, 5.74) is 0.586. The molecule has 0 aliphatic rings. The highest BCUT2D eigenvalue weighted by Crippen LogP contribution is 2.23. The van der Waals surface area contributed by atoms with Crippen molar-refractivity contribution in [1.82, 2.24) is 15.2 Å². The Kier molecular flexibility index (Phi) is 4.52. The molecule has 0 aliphatic heterocycles. The third-order valence-electron chi connectivity index (χ3n) is 3.50. The van der Waals surface area contributed by atoms with Crippen molar-refractivity contribution in [3.8, 4) is 11.5 Å². The van der Waals surface area contributed by atoms with Gasteiger partial charge in [0.1, 0.15) is 17.2 Å². The Bertz CT molecular complexity index is 897. The lowest BCUT2D eigenvalue weighted by Gasteiger charge is -2.15. The smallest absolute Gasteiger partial charge is 0.274 e. The standard InChI is InChI=1S/C19H20N4O2/c1-19(2,3)16-17(24)21-18(23-22-16)20-13-9-11-15(12-10-13)25-14-7-5-4-6-8-14/h4-12H,1-3H3,(H2,20,21,23,24). The number of nitrogens with zero attached hydrogens (tertiary/aromatic N) is 2. The summed E-state index contributed by atoms with van der Waals surface area (Å²) in [4.78, 5) is 14.8. The Labute approximate surface area is 145 Å². The SMILES string of the molecule is CC(C)(C)c1nnc(Nc2ccc(Oc3ccccc3)cc2)[nH]c1=O. The van der Waals surface area contributed by atoms with Crippen LogP contribution in [0.4, 0.5) is 11.6 Å². The van der Waals surface area contributed by atoms with E-state index in [1.54, 1.807) is 0 Å². The highest BCUT2D eigenvalue weighted by atomic mass is 16.5. The summed E-state index contributed by atoms with van der Waals surface area (Å²) in [5.74, 6) is 1.80. The number of rotatable bonds is 4. The van der Waals surface area contributed by atoms with Crippen molar-refractivity contribution in [2.45, 2.75) is 26.2 Å². The average Bonchev–Trinajstić information content (AvgIpc) is 2.56. The van der Waals surface area contributed by atoms with Gasteiger partial charge in [-0.1, -0.05) is 39.0 Å². The maximum atomic E-state index is 12.1. The minimum atomic E-state index is -0.352. The van der Waals surface area contributed by atoms with Crippen LogP contribution in [0.1, 0.15) is 26.5 Å². The van der Waals surface area contributed by atoms with E-state index in [0.717, 1.165) is 17.2 Å². The third kappa shape index (κ3) is 4.23. The number of benzene rings is 2. The van der Waals surface area contributed by atoms with Gasteiger partial charge >= 0.3 is 0 Å². The first-order chi connectivity index (χ1) is 11.9. The molecule has 0 saturated carbocycles. The topological polar surface area (TPSA) is 79.9 Å². The first-order valence-electron chi connectivity index (χ1n) is 7.99. The van der Waals surface area contributed by atoms with Gasteiger partial charge in [0, 0.05) is 11.1 Å². The van der Waals surface area contributed by atoms with E-state index < -0.39 is 0 Å². The molecule has 0 spiro atoms. The molecule has 25 heavy (non-hydrogen) atoms. The second-order valence-corrected chi connectivity index (χ2v) is 6.67. The maximum Gasteiger partial charge on any atom is 0.274 e. The van der Waals surface area contributed by atoms with Crippen molar-refractivity contribution in [2.24, 2.45) is 0 Å². The normalized spacial score (nSPS) is 11.2. The molecule has 6 heteroatoms. The van der Waals surface area contributed by atoms with Gasteiger partial charge in [-0.15, -0.1) is 10.2 Å². The van der Waals surface area contributed by atoms with E-state index in [-0.39, 0.29) is 11.0 Å². The number of aromatic amines is 1. The second kappa shape index (κ2) is 6.76. The van der Waals surface area contributed by atoms with Crippen LogP contribution < -0.4 is 15.6 Å². The summed E-state index contributed by atoms with van der Waals surface area (Å²) in [6.45, 7) is 5.76. The fourth-order valence-corrected chi connectivity index (χ4v) is 2.25. The van der Waals surface area contributed by atoms with E-state index in [1.165, 1.54) is 0 Å². The molecule has 2 aromatic carbocycles. The molecule has 3 aromatic rings. The van der Waals surface area contributed by atoms with E-state index in [9.17, 15) is 4.79 Å². The van der Waals surface area contributed by atoms with Crippen molar-refractivity contribution in [2.75, 3.05) is 5.32 Å². The lowest BCUT2D eigenvalue weighted by Crippen LogP contribution is -2.28. The zero-order valence-corrected chi connectivity index (χ0v) is 14.4. The zero-order valence-electron chi connectivity index (χ0n) is 14.4. The Balaban J connectivity index is 1.71. The van der Waals surface area contributed by atoms with Crippen LogP contribution in [0.15, 0.2) is 59.4 Å². The number of H-pyrrole nitrogens is 1. The number of para-hydroxylation sites is 1. The lowest BCUT2D eigenvalue weighted by molar-refractivity contribution is 0.483. The maximum absolute atomic E-state index is 12.1. The van der Waals surface area contributed by atoms with Crippen molar-refractivity contribution >= 4 is 11.6 Å². The molecule has 1 heterocycles. The van der Waals surface area contributed by atoms with Crippen LogP contribution >= 0.6 is 0 Å². The molecule has 0 aliphatic carbocycles. The lowest BCUT2D eigenvalue weighted by atomic mass is 9.93. The largest absolute Gasteiger partial charge is 0.457 e. The van der Waals surface area contributed by atoms with Crippen LogP contribution in [0.2, 0.25) is 0 Å². The van der Waals surface area contributed by atoms with Crippen molar-refractivity contribution in [3.05, 3.63) is 70.6 Å². The van der Waals surface area contributed by atoms with E-state index in [1.807, 2.05) is 75.4 Å². The molecule has 0 atom stereocenters. The van der Waals surface area contributed by atoms with Crippen LogP contribution in [0, 0.1) is 0 Å². The summed E-state index contributed by atoms with van der Waals surface area (Å²) in [6, 6.07) is 16.9. The minimum Gasteiger partial charge on any atom is -0.457 e. The average molecular weight is 336 g/mol. The molecule has 0 unspecified atom stereocenters. The minimum absolute atomic E-state index is 0.242. The quantitative estimate of drug-likeness (QED) is 0.753. The number of anilines is 2. The fraction of sp³-hybridized carbons (Fsp3) is 0.211. The van der Waals surface area contributed by atoms with Gasteiger partial charge in [-0.2, -0.15) is 0 Å². The van der Waals surface area contributed by atoms with Gasteiger partial charge in [0.2, 0.25) is 5.95 Å². The molecule has 3 rings (SSSR count). The molecule has 0 saturated heterocycles. The van der Waals surface area contributed by atoms with Crippen LogP contribution in [-0.2, 0) is 5.41 Å². The van der Waals surface area contributed by atoms with Crippen LogP contribution in [0.3, 0.4) is 0 Å². The van der Waals surface area contributed by atoms with Crippen LogP contribution in [0.25, 0.3) is 0 Å². The first kappa shape index (κ1) is 16.7. The van der Waals surface area contributed by atoms with Crippen LogP contribution in [0.5, 0.6) is 11.5 Å². The number of nitrogens with one attached hydrogen (secondary N) is 2. The molecule has 0 fully saturated rings. The second-order valence-electron chi connectivity index (χ2n) is 6.67. The number of aromatic nitrogens is 3. The monoisotopic (exact) mass is 336 g/mol. The van der Waals surface area contributed by atoms with Gasteiger partial charge in [0.25, 0.3) is 5.56 Å². The van der Waals surface area contributed by atoms with E-state index in [4.69, 9.17) is 4.74 Å². The molecule has 0 radical (unpaired) electrons. The van der Waals surface area contributed by atoms with E-state index in [2.05, 4.69) is 20.5 Å². The summed E-state index contributed by atoms with van der Waals surface area (Å²) in [5, 5.41) is 11.1. The molecule has 6 nitrogen and oxygen atoms in total. The molecule has 128 valence electrons. The third-order valence-corrected chi connectivity index (χ3v) is 3.50. The highest BCUT2D eigenvalue weighted by molar-refractivity contribution is 5.54. The summed E-state index contributed by atoms with van der Waals surface area (Å²) in [7, 11) is 0. The zero-order chi connectivity index (χ0) is 17.9. The van der Waals surface area contributed by atoms with Gasteiger partial charge in [0.05, 0.1) is 0 Å².